The molecule has 0 spiro atoms. The Labute approximate surface area is 151 Å². The van der Waals surface area contributed by atoms with E-state index in [1.165, 1.54) is 7.11 Å². The van der Waals surface area contributed by atoms with Crippen molar-refractivity contribution in [2.24, 2.45) is 0 Å². The third kappa shape index (κ3) is 3.91. The number of nitrogens with zero attached hydrogens (tertiary/aromatic N) is 1. The lowest BCUT2D eigenvalue weighted by atomic mass is 9.94. The first-order chi connectivity index (χ1) is 11.3. The molecule has 0 aromatic heterocycles. The molecule has 24 heavy (non-hydrogen) atoms. The highest BCUT2D eigenvalue weighted by atomic mass is 79.9. The van der Waals surface area contributed by atoms with Crippen molar-refractivity contribution in [3.8, 4) is 5.75 Å². The molecule has 0 N–H and O–H groups in total. The molecular formula is C18H24BrNO4. The number of anilines is 1. The fraction of sp³-hybridized carbons (Fsp3) is 0.556. The van der Waals surface area contributed by atoms with Gasteiger partial charge in [0.25, 0.3) is 0 Å². The van der Waals surface area contributed by atoms with E-state index in [2.05, 4.69) is 27.6 Å². The zero-order valence-corrected chi connectivity index (χ0v) is 16.1. The lowest BCUT2D eigenvalue weighted by Gasteiger charge is -2.45. The van der Waals surface area contributed by atoms with Crippen LogP contribution in [0.25, 0.3) is 0 Å². The molecule has 2 atom stereocenters. The standard InChI is InChI=1S/C18H24BrNO4/c1-12(19)13-7-8-14-15(10-13)24-18(2,3)16(11-21)20(14)9-5-6-17(22)23-4/h7-8,10-12,16H,5-6,9H2,1-4H3. The Bertz CT molecular complexity index is 615. The normalized spacial score (nSPS) is 19.9. The first-order valence-electron chi connectivity index (χ1n) is 8.06. The van der Waals surface area contributed by atoms with Crippen LogP contribution in [0.2, 0.25) is 0 Å². The Morgan fingerprint density at radius 1 is 1.50 bits per heavy atom. The van der Waals surface area contributed by atoms with Gasteiger partial charge in [-0.25, -0.2) is 0 Å². The number of carbonyl (C=O) groups excluding carboxylic acids is 2. The van der Waals surface area contributed by atoms with Gasteiger partial charge in [0.1, 0.15) is 23.7 Å². The topological polar surface area (TPSA) is 55.8 Å². The van der Waals surface area contributed by atoms with Gasteiger partial charge in [-0.2, -0.15) is 0 Å². The molecule has 0 amide bonds. The number of alkyl halides is 1. The van der Waals surface area contributed by atoms with Gasteiger partial charge in [-0.1, -0.05) is 22.0 Å². The summed E-state index contributed by atoms with van der Waals surface area (Å²) < 4.78 is 10.8. The van der Waals surface area contributed by atoms with Crippen molar-refractivity contribution in [3.05, 3.63) is 23.8 Å². The summed E-state index contributed by atoms with van der Waals surface area (Å²) in [6.45, 7) is 6.46. The third-order valence-electron chi connectivity index (χ3n) is 4.31. The van der Waals surface area contributed by atoms with Gasteiger partial charge in [0.2, 0.25) is 0 Å². The van der Waals surface area contributed by atoms with Crippen molar-refractivity contribution >= 4 is 33.9 Å². The summed E-state index contributed by atoms with van der Waals surface area (Å²) in [4.78, 5) is 25.3. The zero-order chi connectivity index (χ0) is 17.9. The fourth-order valence-electron chi connectivity index (χ4n) is 2.96. The molecule has 0 aliphatic carbocycles. The molecule has 6 heteroatoms. The molecule has 1 heterocycles. The summed E-state index contributed by atoms with van der Waals surface area (Å²) in [5, 5.41) is 0. The number of fused-ring (bicyclic) bond motifs is 1. The summed E-state index contributed by atoms with van der Waals surface area (Å²) in [6.07, 6.45) is 1.86. The maximum absolute atomic E-state index is 11.7. The van der Waals surface area contributed by atoms with Gasteiger partial charge in [0.05, 0.1) is 12.8 Å². The van der Waals surface area contributed by atoms with Gasteiger partial charge in [-0.3, -0.25) is 4.79 Å². The quantitative estimate of drug-likeness (QED) is 0.416. The molecule has 0 saturated heterocycles. The van der Waals surface area contributed by atoms with Gasteiger partial charge in [0, 0.05) is 17.8 Å². The van der Waals surface area contributed by atoms with Crippen LogP contribution >= 0.6 is 15.9 Å². The van der Waals surface area contributed by atoms with Crippen LogP contribution in [-0.2, 0) is 14.3 Å². The van der Waals surface area contributed by atoms with E-state index in [1.807, 2.05) is 36.9 Å². The van der Waals surface area contributed by atoms with Crippen LogP contribution in [0.1, 0.15) is 44.0 Å². The number of halogens is 1. The predicted octanol–water partition coefficient (Wildman–Crippen LogP) is 3.64. The zero-order valence-electron chi connectivity index (χ0n) is 14.5. The summed E-state index contributed by atoms with van der Waals surface area (Å²) in [6, 6.07) is 5.60. The summed E-state index contributed by atoms with van der Waals surface area (Å²) in [5.41, 5.74) is 1.35. The van der Waals surface area contributed by atoms with Crippen LogP contribution in [0.15, 0.2) is 18.2 Å². The van der Waals surface area contributed by atoms with Crippen LogP contribution in [0, 0.1) is 0 Å². The molecule has 5 nitrogen and oxygen atoms in total. The highest BCUT2D eigenvalue weighted by Crippen LogP contribution is 2.42. The molecule has 2 unspecified atom stereocenters. The fourth-order valence-corrected chi connectivity index (χ4v) is 3.24. The lowest BCUT2D eigenvalue weighted by Crippen LogP contribution is -2.57. The van der Waals surface area contributed by atoms with Gasteiger partial charge in [0.15, 0.2) is 0 Å². The maximum Gasteiger partial charge on any atom is 0.305 e. The smallest absolute Gasteiger partial charge is 0.305 e. The average molecular weight is 398 g/mol. The molecule has 1 aliphatic rings. The number of benzene rings is 1. The Balaban J connectivity index is 2.32. The van der Waals surface area contributed by atoms with Crippen LogP contribution in [0.3, 0.4) is 0 Å². The van der Waals surface area contributed by atoms with Crippen molar-refractivity contribution in [1.29, 1.82) is 0 Å². The van der Waals surface area contributed by atoms with Crippen LogP contribution in [0.5, 0.6) is 5.75 Å². The minimum atomic E-state index is -0.645. The number of aldehydes is 1. The van der Waals surface area contributed by atoms with Gasteiger partial charge in [-0.15, -0.1) is 0 Å². The Morgan fingerprint density at radius 3 is 2.79 bits per heavy atom. The molecular weight excluding hydrogens is 374 g/mol. The van der Waals surface area contributed by atoms with Crippen molar-refractivity contribution in [2.75, 3.05) is 18.6 Å². The summed E-state index contributed by atoms with van der Waals surface area (Å²) in [7, 11) is 1.38. The van der Waals surface area contributed by atoms with Crippen LogP contribution < -0.4 is 9.64 Å². The molecule has 0 fully saturated rings. The van der Waals surface area contributed by atoms with E-state index in [0.29, 0.717) is 19.4 Å². The van der Waals surface area contributed by atoms with Crippen molar-refractivity contribution in [3.63, 3.8) is 0 Å². The van der Waals surface area contributed by atoms with E-state index in [-0.39, 0.29) is 10.8 Å². The van der Waals surface area contributed by atoms with Crippen molar-refractivity contribution in [2.45, 2.75) is 50.1 Å². The highest BCUT2D eigenvalue weighted by Gasteiger charge is 2.41. The number of carbonyl (C=O) groups is 2. The first-order valence-corrected chi connectivity index (χ1v) is 8.97. The third-order valence-corrected chi connectivity index (χ3v) is 4.84. The van der Waals surface area contributed by atoms with Gasteiger partial charge in [-0.05, 0) is 44.9 Å². The monoisotopic (exact) mass is 397 g/mol. The summed E-state index contributed by atoms with van der Waals surface area (Å²) >= 11 is 3.57. The van der Waals surface area contributed by atoms with Gasteiger partial charge < -0.3 is 19.2 Å². The van der Waals surface area contributed by atoms with Crippen molar-refractivity contribution in [1.82, 2.24) is 0 Å². The second-order valence-electron chi connectivity index (χ2n) is 6.50. The molecule has 132 valence electrons. The minimum absolute atomic E-state index is 0.214. The molecule has 0 radical (unpaired) electrons. The molecule has 1 aliphatic heterocycles. The molecule has 0 bridgehead atoms. The SMILES string of the molecule is COC(=O)CCCN1c2ccc(C(C)Br)cc2OC(C)(C)C1C=O. The number of ether oxygens (including phenoxy) is 2. The molecule has 1 aromatic carbocycles. The van der Waals surface area contributed by atoms with E-state index in [9.17, 15) is 9.59 Å². The average Bonchev–Trinajstić information content (AvgIpc) is 2.52. The van der Waals surface area contributed by atoms with E-state index in [0.717, 1.165) is 23.3 Å². The first kappa shape index (κ1) is 18.8. The van der Waals surface area contributed by atoms with E-state index in [4.69, 9.17) is 4.74 Å². The Hall–Kier alpha value is -1.56. The van der Waals surface area contributed by atoms with Gasteiger partial charge >= 0.3 is 5.97 Å². The predicted molar refractivity (Wildman–Crippen MR) is 96.9 cm³/mol. The number of hydrogen-bond acceptors (Lipinski definition) is 5. The van der Waals surface area contributed by atoms with Crippen LogP contribution in [-0.4, -0.2) is 37.6 Å². The molecule has 2 rings (SSSR count). The van der Waals surface area contributed by atoms with E-state index in [1.54, 1.807) is 0 Å². The number of esters is 1. The Morgan fingerprint density at radius 2 is 2.21 bits per heavy atom. The molecule has 0 saturated carbocycles. The second kappa shape index (κ2) is 7.55. The number of methoxy groups -OCH3 is 1. The summed E-state index contributed by atoms with van der Waals surface area (Å²) in [5.74, 6) is 0.522. The lowest BCUT2D eigenvalue weighted by molar-refractivity contribution is -0.140. The minimum Gasteiger partial charge on any atom is -0.483 e. The van der Waals surface area contributed by atoms with Crippen molar-refractivity contribution < 1.29 is 19.1 Å². The van der Waals surface area contributed by atoms with E-state index < -0.39 is 11.6 Å². The number of rotatable bonds is 6. The maximum atomic E-state index is 11.7. The Kier molecular flexibility index (Phi) is 5.91. The van der Waals surface area contributed by atoms with E-state index >= 15 is 0 Å². The molecule has 1 aromatic rings. The largest absolute Gasteiger partial charge is 0.483 e. The second-order valence-corrected chi connectivity index (χ2v) is 7.88. The number of hydrogen-bond donors (Lipinski definition) is 0. The van der Waals surface area contributed by atoms with Crippen LogP contribution in [0.4, 0.5) is 5.69 Å². The highest BCUT2D eigenvalue weighted by molar-refractivity contribution is 9.09.